The first-order valence-corrected chi connectivity index (χ1v) is 8.88. The minimum absolute atomic E-state index is 0.0704. The van der Waals surface area contributed by atoms with Crippen LogP contribution in [0.15, 0.2) is 47.0 Å². The number of nitrogens with zero attached hydrogens (tertiary/aromatic N) is 2. The van der Waals surface area contributed by atoms with Gasteiger partial charge in [-0.05, 0) is 49.7 Å². The number of nitrogens with one attached hydrogen (secondary N) is 1. The molecule has 2 N–H and O–H groups in total. The highest BCUT2D eigenvalue weighted by molar-refractivity contribution is 6.34. The Labute approximate surface area is 169 Å². The minimum Gasteiger partial charge on any atom is -0.478 e. The van der Waals surface area contributed by atoms with Gasteiger partial charge in [0.05, 0.1) is 16.7 Å². The Morgan fingerprint density at radius 3 is 2.43 bits per heavy atom. The Hall–Kier alpha value is -4.27. The number of rotatable bonds is 4. The van der Waals surface area contributed by atoms with Gasteiger partial charge >= 0.3 is 5.97 Å². The van der Waals surface area contributed by atoms with Crippen molar-refractivity contribution in [3.8, 4) is 0 Å². The molecule has 0 unspecified atom stereocenters. The molecular formula is C21H15N3O6. The van der Waals surface area contributed by atoms with Crippen LogP contribution in [0.2, 0.25) is 0 Å². The smallest absolute Gasteiger partial charge is 0.336 e. The van der Waals surface area contributed by atoms with Crippen molar-refractivity contribution in [3.05, 3.63) is 76.0 Å². The summed E-state index contributed by atoms with van der Waals surface area (Å²) >= 11 is 0. The third-order valence-electron chi connectivity index (χ3n) is 4.81. The molecule has 0 aliphatic carbocycles. The van der Waals surface area contributed by atoms with Crippen LogP contribution in [-0.4, -0.2) is 34.0 Å². The zero-order valence-corrected chi connectivity index (χ0v) is 15.9. The van der Waals surface area contributed by atoms with Gasteiger partial charge in [-0.3, -0.25) is 14.4 Å². The number of aryl methyl sites for hydroxylation is 1. The van der Waals surface area contributed by atoms with Gasteiger partial charge in [0.2, 0.25) is 0 Å². The highest BCUT2D eigenvalue weighted by Crippen LogP contribution is 2.29. The fourth-order valence-corrected chi connectivity index (χ4v) is 3.25. The van der Waals surface area contributed by atoms with Gasteiger partial charge in [0, 0.05) is 17.3 Å². The number of benzene rings is 2. The summed E-state index contributed by atoms with van der Waals surface area (Å²) in [7, 11) is 0. The molecule has 9 nitrogen and oxygen atoms in total. The third kappa shape index (κ3) is 3.02. The van der Waals surface area contributed by atoms with Gasteiger partial charge in [0.15, 0.2) is 5.82 Å². The van der Waals surface area contributed by atoms with Crippen LogP contribution in [0.4, 0.5) is 11.5 Å². The van der Waals surface area contributed by atoms with Crippen LogP contribution in [0, 0.1) is 13.8 Å². The molecule has 1 aliphatic heterocycles. The zero-order chi connectivity index (χ0) is 21.6. The molecule has 0 radical (unpaired) electrons. The molecule has 150 valence electrons. The fraction of sp³-hybridized carbons (Fsp3) is 0.0952. The number of carbonyl (C=O) groups is 4. The first kappa shape index (κ1) is 19.1. The van der Waals surface area contributed by atoms with Gasteiger partial charge in [-0.25, -0.2) is 9.69 Å². The van der Waals surface area contributed by atoms with E-state index in [9.17, 15) is 24.3 Å². The van der Waals surface area contributed by atoms with Crippen molar-refractivity contribution < 1.29 is 28.8 Å². The summed E-state index contributed by atoms with van der Waals surface area (Å²) < 4.78 is 4.94. The van der Waals surface area contributed by atoms with Crippen molar-refractivity contribution in [2.75, 3.05) is 10.2 Å². The van der Waals surface area contributed by atoms with E-state index in [2.05, 4.69) is 10.5 Å². The number of fused-ring (bicyclic) bond motifs is 1. The van der Waals surface area contributed by atoms with Gasteiger partial charge in [-0.1, -0.05) is 11.2 Å². The number of hydrogen-bond acceptors (Lipinski definition) is 6. The summed E-state index contributed by atoms with van der Waals surface area (Å²) in [5, 5.41) is 15.6. The number of aromatic nitrogens is 1. The van der Waals surface area contributed by atoms with E-state index in [-0.39, 0.29) is 28.1 Å². The Kier molecular flexibility index (Phi) is 4.42. The Morgan fingerprint density at radius 2 is 1.77 bits per heavy atom. The number of amides is 3. The van der Waals surface area contributed by atoms with E-state index in [1.165, 1.54) is 36.4 Å². The van der Waals surface area contributed by atoms with Gasteiger partial charge < -0.3 is 14.9 Å². The van der Waals surface area contributed by atoms with Gasteiger partial charge in [0.1, 0.15) is 5.76 Å². The summed E-state index contributed by atoms with van der Waals surface area (Å²) in [6, 6.07) is 10.2. The number of imide groups is 1. The van der Waals surface area contributed by atoms with Crippen molar-refractivity contribution in [1.29, 1.82) is 0 Å². The molecule has 3 aromatic rings. The quantitative estimate of drug-likeness (QED) is 0.638. The second-order valence-electron chi connectivity index (χ2n) is 6.74. The summed E-state index contributed by atoms with van der Waals surface area (Å²) in [6.45, 7) is 3.22. The molecule has 0 saturated carbocycles. The van der Waals surface area contributed by atoms with Crippen LogP contribution in [-0.2, 0) is 0 Å². The van der Waals surface area contributed by atoms with Crippen LogP contribution < -0.4 is 10.2 Å². The van der Waals surface area contributed by atoms with Crippen LogP contribution >= 0.6 is 0 Å². The molecule has 0 atom stereocenters. The number of carbonyl (C=O) groups excluding carboxylic acids is 3. The van der Waals surface area contributed by atoms with Crippen LogP contribution in [0.25, 0.3) is 0 Å². The van der Waals surface area contributed by atoms with Crippen LogP contribution in [0.3, 0.4) is 0 Å². The molecule has 0 bridgehead atoms. The first-order valence-electron chi connectivity index (χ1n) is 8.88. The molecule has 4 rings (SSSR count). The lowest BCUT2D eigenvalue weighted by Crippen LogP contribution is -2.29. The van der Waals surface area contributed by atoms with Crippen molar-refractivity contribution in [3.63, 3.8) is 0 Å². The molecule has 0 saturated heterocycles. The topological polar surface area (TPSA) is 130 Å². The van der Waals surface area contributed by atoms with Crippen molar-refractivity contribution in [1.82, 2.24) is 5.16 Å². The Morgan fingerprint density at radius 1 is 1.03 bits per heavy atom. The Bertz CT molecular complexity index is 1240. The normalized spacial score (nSPS) is 12.8. The van der Waals surface area contributed by atoms with Crippen molar-refractivity contribution in [2.24, 2.45) is 0 Å². The molecule has 0 spiro atoms. The summed E-state index contributed by atoms with van der Waals surface area (Å²) in [6.07, 6.45) is 0. The monoisotopic (exact) mass is 405 g/mol. The maximum atomic E-state index is 12.8. The molecule has 2 aromatic carbocycles. The van der Waals surface area contributed by atoms with E-state index in [1.807, 2.05) is 0 Å². The number of anilines is 2. The molecular weight excluding hydrogens is 390 g/mol. The highest BCUT2D eigenvalue weighted by atomic mass is 16.5. The van der Waals surface area contributed by atoms with Crippen molar-refractivity contribution in [2.45, 2.75) is 13.8 Å². The lowest BCUT2D eigenvalue weighted by molar-refractivity contribution is 0.0695. The lowest BCUT2D eigenvalue weighted by Gasteiger charge is -2.11. The molecule has 3 amide bonds. The maximum absolute atomic E-state index is 12.8. The maximum Gasteiger partial charge on any atom is 0.336 e. The summed E-state index contributed by atoms with van der Waals surface area (Å²) in [5.41, 5.74) is 1.18. The van der Waals surface area contributed by atoms with E-state index < -0.39 is 23.7 Å². The molecule has 2 heterocycles. The predicted molar refractivity (Wildman–Crippen MR) is 105 cm³/mol. The third-order valence-corrected chi connectivity index (χ3v) is 4.81. The van der Waals surface area contributed by atoms with E-state index >= 15 is 0 Å². The number of aromatic carboxylic acids is 1. The predicted octanol–water partition coefficient (Wildman–Crippen LogP) is 3.04. The molecule has 9 heteroatoms. The molecule has 1 aromatic heterocycles. The molecule has 1 aliphatic rings. The number of hydrogen-bond donors (Lipinski definition) is 2. The van der Waals surface area contributed by atoms with Crippen LogP contribution in [0.1, 0.15) is 52.8 Å². The van der Waals surface area contributed by atoms with Gasteiger partial charge in [-0.15, -0.1) is 0 Å². The second-order valence-corrected chi connectivity index (χ2v) is 6.74. The van der Waals surface area contributed by atoms with Gasteiger partial charge in [-0.2, -0.15) is 0 Å². The van der Waals surface area contributed by atoms with E-state index in [4.69, 9.17) is 4.52 Å². The second kappa shape index (κ2) is 6.96. The average molecular weight is 405 g/mol. The number of carboxylic acid groups (broad SMARTS) is 1. The number of carboxylic acids is 1. The fourth-order valence-electron chi connectivity index (χ4n) is 3.25. The first-order chi connectivity index (χ1) is 14.3. The van der Waals surface area contributed by atoms with Crippen LogP contribution in [0.5, 0.6) is 0 Å². The summed E-state index contributed by atoms with van der Waals surface area (Å²) in [5.74, 6) is -2.29. The van der Waals surface area contributed by atoms with E-state index in [0.717, 1.165) is 4.90 Å². The summed E-state index contributed by atoms with van der Waals surface area (Å²) in [4.78, 5) is 50.2. The standard InChI is InChI=1S/C21H15N3O6/c1-10-8-17(23-30-10)24-19(26)14-7-6-12(9-15(14)20(24)27)18(25)22-16-5-3-4-13(11(16)2)21(28)29/h3-9H,1-2H3,(H,22,25)(H,28,29). The highest BCUT2D eigenvalue weighted by Gasteiger charge is 2.38. The largest absolute Gasteiger partial charge is 0.478 e. The zero-order valence-electron chi connectivity index (χ0n) is 15.9. The van der Waals surface area contributed by atoms with Crippen molar-refractivity contribution >= 4 is 35.2 Å². The van der Waals surface area contributed by atoms with Gasteiger partial charge in [0.25, 0.3) is 17.7 Å². The SMILES string of the molecule is Cc1cc(N2C(=O)c3ccc(C(=O)Nc4cccc(C(=O)O)c4C)cc3C2=O)no1. The average Bonchev–Trinajstić information content (AvgIpc) is 3.24. The van der Waals surface area contributed by atoms with E-state index in [0.29, 0.717) is 17.0 Å². The molecule has 0 fully saturated rings. The van der Waals surface area contributed by atoms with E-state index in [1.54, 1.807) is 19.9 Å². The lowest BCUT2D eigenvalue weighted by atomic mass is 10.0. The minimum atomic E-state index is -1.10. The molecule has 30 heavy (non-hydrogen) atoms. The Balaban J connectivity index is 1.63.